The van der Waals surface area contributed by atoms with Gasteiger partial charge in [0.2, 0.25) is 10.0 Å². The van der Waals surface area contributed by atoms with Gasteiger partial charge in [-0.2, -0.15) is 4.31 Å². The Balaban J connectivity index is 2.34. The van der Waals surface area contributed by atoms with Crippen molar-refractivity contribution >= 4 is 26.0 Å². The van der Waals surface area contributed by atoms with Gasteiger partial charge in [-0.3, -0.25) is 4.98 Å². The van der Waals surface area contributed by atoms with Gasteiger partial charge in [-0.1, -0.05) is 13.8 Å². The van der Waals surface area contributed by atoms with E-state index in [1.807, 2.05) is 6.92 Å². The van der Waals surface area contributed by atoms with E-state index in [1.54, 1.807) is 16.6 Å². The third-order valence-corrected chi connectivity index (χ3v) is 6.02. The lowest BCUT2D eigenvalue weighted by molar-refractivity contribution is 0.215. The van der Waals surface area contributed by atoms with Gasteiger partial charge in [0.1, 0.15) is 4.90 Å². The van der Waals surface area contributed by atoms with Crippen LogP contribution >= 0.6 is 15.9 Å². The molecule has 2 unspecified atom stereocenters. The zero-order valence-electron chi connectivity index (χ0n) is 11.7. The maximum atomic E-state index is 12.8. The molecular formula is C13H20BrN3O2S. The molecule has 0 bridgehead atoms. The highest BCUT2D eigenvalue weighted by atomic mass is 79.9. The lowest BCUT2D eigenvalue weighted by Crippen LogP contribution is -2.57. The molecule has 2 rings (SSSR count). The summed E-state index contributed by atoms with van der Waals surface area (Å²) < 4.78 is 27.9. The van der Waals surface area contributed by atoms with Gasteiger partial charge in [0.25, 0.3) is 0 Å². The minimum atomic E-state index is -3.49. The first kappa shape index (κ1) is 15.9. The third kappa shape index (κ3) is 3.21. The number of halogens is 1. The standard InChI is InChI=1S/C13H20BrN3O2S/c1-3-11-9-17(12(4-2)7-16-11)20(18,19)13-5-10(14)6-15-8-13/h5-6,8,11-12,16H,3-4,7,9H2,1-2H3. The van der Waals surface area contributed by atoms with E-state index >= 15 is 0 Å². The van der Waals surface area contributed by atoms with E-state index < -0.39 is 10.0 Å². The molecule has 0 saturated carbocycles. The molecule has 0 aliphatic carbocycles. The summed E-state index contributed by atoms with van der Waals surface area (Å²) in [4.78, 5) is 4.22. The highest BCUT2D eigenvalue weighted by Crippen LogP contribution is 2.24. The summed E-state index contributed by atoms with van der Waals surface area (Å²) in [5.41, 5.74) is 0. The normalized spacial score (nSPS) is 24.8. The first-order valence-corrected chi connectivity index (χ1v) is 9.08. The summed E-state index contributed by atoms with van der Waals surface area (Å²) in [7, 11) is -3.49. The van der Waals surface area contributed by atoms with Crippen LogP contribution in [-0.2, 0) is 10.0 Å². The van der Waals surface area contributed by atoms with Gasteiger partial charge in [-0.05, 0) is 34.8 Å². The number of piperazine rings is 1. The molecule has 1 aliphatic rings. The average molecular weight is 362 g/mol. The molecule has 1 saturated heterocycles. The first-order valence-electron chi connectivity index (χ1n) is 6.84. The van der Waals surface area contributed by atoms with Gasteiger partial charge in [-0.25, -0.2) is 8.42 Å². The predicted octanol–water partition coefficient (Wildman–Crippen LogP) is 2.00. The van der Waals surface area contributed by atoms with E-state index in [-0.39, 0.29) is 17.0 Å². The van der Waals surface area contributed by atoms with Crippen molar-refractivity contribution in [3.8, 4) is 0 Å². The van der Waals surface area contributed by atoms with Crippen LogP contribution in [0, 0.1) is 0 Å². The van der Waals surface area contributed by atoms with Crippen LogP contribution in [0.25, 0.3) is 0 Å². The Morgan fingerprint density at radius 3 is 2.75 bits per heavy atom. The zero-order valence-corrected chi connectivity index (χ0v) is 14.1. The first-order chi connectivity index (χ1) is 9.48. The van der Waals surface area contributed by atoms with Crippen LogP contribution in [0.1, 0.15) is 26.7 Å². The van der Waals surface area contributed by atoms with Crippen LogP contribution in [-0.4, -0.2) is 42.9 Å². The van der Waals surface area contributed by atoms with Gasteiger partial charge < -0.3 is 5.32 Å². The number of nitrogens with one attached hydrogen (secondary N) is 1. The molecule has 5 nitrogen and oxygen atoms in total. The largest absolute Gasteiger partial charge is 0.311 e. The number of aromatic nitrogens is 1. The molecule has 112 valence electrons. The van der Waals surface area contributed by atoms with Crippen LogP contribution in [0.4, 0.5) is 0 Å². The van der Waals surface area contributed by atoms with Crippen molar-refractivity contribution in [2.24, 2.45) is 0 Å². The average Bonchev–Trinajstić information content (AvgIpc) is 2.46. The molecule has 1 aliphatic heterocycles. The Hall–Kier alpha value is -0.500. The molecule has 0 amide bonds. The monoisotopic (exact) mass is 361 g/mol. The van der Waals surface area contributed by atoms with Crippen LogP contribution in [0.3, 0.4) is 0 Å². The van der Waals surface area contributed by atoms with Gasteiger partial charge in [0, 0.05) is 42.0 Å². The van der Waals surface area contributed by atoms with Crippen molar-refractivity contribution < 1.29 is 8.42 Å². The van der Waals surface area contributed by atoms with Gasteiger partial charge in [-0.15, -0.1) is 0 Å². The second kappa shape index (κ2) is 6.51. The Bertz CT molecular complexity index is 564. The van der Waals surface area contributed by atoms with E-state index in [9.17, 15) is 8.42 Å². The summed E-state index contributed by atoms with van der Waals surface area (Å²) in [6, 6.07) is 1.83. The smallest absolute Gasteiger partial charge is 0.244 e. The number of pyridine rings is 1. The molecule has 7 heteroatoms. The molecule has 1 aromatic rings. The lowest BCUT2D eigenvalue weighted by atomic mass is 10.1. The molecule has 1 N–H and O–H groups in total. The van der Waals surface area contributed by atoms with Gasteiger partial charge >= 0.3 is 0 Å². The fourth-order valence-electron chi connectivity index (χ4n) is 2.42. The molecule has 20 heavy (non-hydrogen) atoms. The number of sulfonamides is 1. The quantitative estimate of drug-likeness (QED) is 0.890. The molecular weight excluding hydrogens is 342 g/mol. The van der Waals surface area contributed by atoms with Crippen molar-refractivity contribution in [1.82, 2.24) is 14.6 Å². The molecule has 0 aromatic carbocycles. The van der Waals surface area contributed by atoms with Crippen molar-refractivity contribution in [2.75, 3.05) is 13.1 Å². The van der Waals surface area contributed by atoms with Gasteiger partial charge in [0.15, 0.2) is 0 Å². The van der Waals surface area contributed by atoms with Gasteiger partial charge in [0.05, 0.1) is 0 Å². The predicted molar refractivity (Wildman–Crippen MR) is 82.0 cm³/mol. The van der Waals surface area contributed by atoms with Crippen LogP contribution in [0.5, 0.6) is 0 Å². The Kier molecular flexibility index (Phi) is 5.17. The third-order valence-electron chi connectivity index (χ3n) is 3.70. The van der Waals surface area contributed by atoms with Crippen molar-refractivity contribution in [3.63, 3.8) is 0 Å². The van der Waals surface area contributed by atoms with Crippen LogP contribution in [0.2, 0.25) is 0 Å². The summed E-state index contributed by atoms with van der Waals surface area (Å²) in [5.74, 6) is 0. The fraction of sp³-hybridized carbons (Fsp3) is 0.615. The second-order valence-electron chi connectivity index (χ2n) is 4.99. The van der Waals surface area contributed by atoms with E-state index in [0.29, 0.717) is 17.6 Å². The second-order valence-corrected chi connectivity index (χ2v) is 7.80. The molecule has 2 heterocycles. The van der Waals surface area contributed by atoms with E-state index in [2.05, 4.69) is 33.2 Å². The number of hydrogen-bond acceptors (Lipinski definition) is 4. The minimum Gasteiger partial charge on any atom is -0.311 e. The highest BCUT2D eigenvalue weighted by Gasteiger charge is 2.35. The molecule has 2 atom stereocenters. The summed E-state index contributed by atoms with van der Waals surface area (Å²) in [5, 5.41) is 3.40. The van der Waals surface area contributed by atoms with Crippen molar-refractivity contribution in [3.05, 3.63) is 22.9 Å². The molecule has 0 spiro atoms. The maximum Gasteiger partial charge on any atom is 0.244 e. The SMILES string of the molecule is CCC1CN(S(=O)(=O)c2cncc(Br)c2)C(CC)CN1. The van der Waals surface area contributed by atoms with E-state index in [4.69, 9.17) is 0 Å². The zero-order chi connectivity index (χ0) is 14.8. The maximum absolute atomic E-state index is 12.8. The van der Waals surface area contributed by atoms with E-state index in [0.717, 1.165) is 12.8 Å². The summed E-state index contributed by atoms with van der Waals surface area (Å²) >= 11 is 3.28. The van der Waals surface area contributed by atoms with Crippen molar-refractivity contribution in [2.45, 2.75) is 43.7 Å². The summed E-state index contributed by atoms with van der Waals surface area (Å²) in [6.45, 7) is 5.30. The summed E-state index contributed by atoms with van der Waals surface area (Å²) in [6.07, 6.45) is 4.71. The molecule has 1 fully saturated rings. The van der Waals surface area contributed by atoms with Crippen molar-refractivity contribution in [1.29, 1.82) is 0 Å². The number of nitrogens with zero attached hydrogens (tertiary/aromatic N) is 2. The fourth-order valence-corrected chi connectivity index (χ4v) is 4.67. The Morgan fingerprint density at radius 2 is 2.15 bits per heavy atom. The number of rotatable bonds is 4. The number of hydrogen-bond donors (Lipinski definition) is 1. The Morgan fingerprint density at radius 1 is 1.40 bits per heavy atom. The Labute approximate surface area is 129 Å². The lowest BCUT2D eigenvalue weighted by Gasteiger charge is -2.38. The van der Waals surface area contributed by atoms with Crippen LogP contribution < -0.4 is 5.32 Å². The van der Waals surface area contributed by atoms with Crippen LogP contribution in [0.15, 0.2) is 27.8 Å². The molecule has 0 radical (unpaired) electrons. The topological polar surface area (TPSA) is 62.3 Å². The van der Waals surface area contributed by atoms with E-state index in [1.165, 1.54) is 6.20 Å². The highest BCUT2D eigenvalue weighted by molar-refractivity contribution is 9.10. The minimum absolute atomic E-state index is 0.00165. The molecule has 1 aromatic heterocycles.